The number of pyridine rings is 1. The first-order chi connectivity index (χ1) is 13.4. The van der Waals surface area contributed by atoms with E-state index in [1.165, 1.54) is 11.3 Å². The molecule has 0 saturated carbocycles. The fourth-order valence-corrected chi connectivity index (χ4v) is 3.75. The summed E-state index contributed by atoms with van der Waals surface area (Å²) in [6.45, 7) is 7.33. The third-order valence-corrected chi connectivity index (χ3v) is 5.17. The predicted octanol–water partition coefficient (Wildman–Crippen LogP) is 5.33. The minimum atomic E-state index is -0.140. The van der Waals surface area contributed by atoms with Crippen molar-refractivity contribution >= 4 is 23.0 Å². The van der Waals surface area contributed by atoms with Crippen molar-refractivity contribution in [3.05, 3.63) is 83.7 Å². The Labute approximate surface area is 166 Å². The van der Waals surface area contributed by atoms with Crippen LogP contribution in [0, 0.1) is 0 Å². The number of rotatable bonds is 3. The summed E-state index contributed by atoms with van der Waals surface area (Å²) in [5.41, 5.74) is 5.94. The van der Waals surface area contributed by atoms with Gasteiger partial charge in [0.25, 0.3) is 5.91 Å². The number of fused-ring (bicyclic) bond motifs is 1. The van der Waals surface area contributed by atoms with E-state index in [1.54, 1.807) is 6.20 Å². The Bertz CT molecular complexity index is 1020. The predicted molar refractivity (Wildman–Crippen MR) is 114 cm³/mol. The van der Waals surface area contributed by atoms with Crippen molar-refractivity contribution in [3.8, 4) is 0 Å². The highest BCUT2D eigenvalue weighted by atomic mass is 16.1. The van der Waals surface area contributed by atoms with Crippen molar-refractivity contribution in [3.63, 3.8) is 0 Å². The van der Waals surface area contributed by atoms with Crippen molar-refractivity contribution < 1.29 is 4.79 Å². The fourth-order valence-electron chi connectivity index (χ4n) is 3.75. The summed E-state index contributed by atoms with van der Waals surface area (Å²) in [7, 11) is 0. The van der Waals surface area contributed by atoms with Gasteiger partial charge in [-0.05, 0) is 41.2 Å². The first-order valence-electron chi connectivity index (χ1n) is 9.65. The molecule has 4 rings (SSSR count). The lowest BCUT2D eigenvalue weighted by molar-refractivity contribution is 0.102. The molecule has 0 fully saturated rings. The molecule has 0 aliphatic carbocycles. The first kappa shape index (κ1) is 18.2. The van der Waals surface area contributed by atoms with Gasteiger partial charge < -0.3 is 10.2 Å². The monoisotopic (exact) mass is 371 g/mol. The normalized spacial score (nSPS) is 13.3. The third-order valence-electron chi connectivity index (χ3n) is 5.17. The van der Waals surface area contributed by atoms with Gasteiger partial charge in [-0.25, -0.2) is 0 Å². The molecule has 0 unspecified atom stereocenters. The molecule has 0 bridgehead atoms. The zero-order valence-electron chi connectivity index (χ0n) is 16.6. The van der Waals surface area contributed by atoms with Crippen LogP contribution in [-0.4, -0.2) is 17.4 Å². The molecule has 2 aromatic carbocycles. The zero-order chi connectivity index (χ0) is 19.7. The van der Waals surface area contributed by atoms with Gasteiger partial charge in [-0.1, -0.05) is 57.2 Å². The number of benzene rings is 2. The summed E-state index contributed by atoms with van der Waals surface area (Å²) in [6.07, 6.45) is 4.45. The van der Waals surface area contributed by atoms with E-state index < -0.39 is 0 Å². The smallest absolute Gasteiger partial charge is 0.257 e. The van der Waals surface area contributed by atoms with Crippen molar-refractivity contribution in [2.24, 2.45) is 0 Å². The highest BCUT2D eigenvalue weighted by Gasteiger charge is 2.22. The van der Waals surface area contributed by atoms with Crippen LogP contribution in [0.2, 0.25) is 0 Å². The largest absolute Gasteiger partial charge is 0.340 e. The molecule has 0 atom stereocenters. The number of carbonyl (C=O) groups is 1. The van der Waals surface area contributed by atoms with Crippen LogP contribution in [0.25, 0.3) is 0 Å². The fraction of sp³-hybridized carbons (Fsp3) is 0.250. The molecule has 142 valence electrons. The van der Waals surface area contributed by atoms with E-state index in [1.807, 2.05) is 36.5 Å². The summed E-state index contributed by atoms with van der Waals surface area (Å²) < 4.78 is 0. The Balaban J connectivity index is 1.60. The molecule has 4 nitrogen and oxygen atoms in total. The van der Waals surface area contributed by atoms with E-state index in [2.05, 4.69) is 60.2 Å². The summed E-state index contributed by atoms with van der Waals surface area (Å²) >= 11 is 0. The van der Waals surface area contributed by atoms with Crippen molar-refractivity contribution in [2.45, 2.75) is 32.6 Å². The van der Waals surface area contributed by atoms with Gasteiger partial charge in [0.1, 0.15) is 0 Å². The van der Waals surface area contributed by atoms with Crippen molar-refractivity contribution in [1.82, 2.24) is 4.98 Å². The number of hydrogen-bond donors (Lipinski definition) is 1. The summed E-state index contributed by atoms with van der Waals surface area (Å²) in [5, 5.41) is 3.07. The lowest BCUT2D eigenvalue weighted by Gasteiger charge is -2.23. The second-order valence-electron chi connectivity index (χ2n) is 8.21. The Morgan fingerprint density at radius 2 is 1.79 bits per heavy atom. The third kappa shape index (κ3) is 3.50. The molecule has 1 aliphatic heterocycles. The number of carbonyl (C=O) groups excluding carboxylic acids is 1. The van der Waals surface area contributed by atoms with Crippen LogP contribution in [-0.2, 0) is 11.8 Å². The van der Waals surface area contributed by atoms with E-state index >= 15 is 0 Å². The van der Waals surface area contributed by atoms with Gasteiger partial charge in [0.15, 0.2) is 0 Å². The topological polar surface area (TPSA) is 45.2 Å². The van der Waals surface area contributed by atoms with E-state index in [4.69, 9.17) is 0 Å². The maximum Gasteiger partial charge on any atom is 0.257 e. The molecular weight excluding hydrogens is 346 g/mol. The van der Waals surface area contributed by atoms with Crippen LogP contribution in [0.4, 0.5) is 17.1 Å². The van der Waals surface area contributed by atoms with Crippen LogP contribution in [0.3, 0.4) is 0 Å². The van der Waals surface area contributed by atoms with E-state index in [0.29, 0.717) is 5.56 Å². The van der Waals surface area contributed by atoms with Crippen molar-refractivity contribution in [2.75, 3.05) is 16.8 Å². The van der Waals surface area contributed by atoms with Crippen LogP contribution in [0.15, 0.2) is 67.0 Å². The van der Waals surface area contributed by atoms with Crippen LogP contribution >= 0.6 is 0 Å². The number of aromatic nitrogens is 1. The number of nitrogens with one attached hydrogen (secondary N) is 1. The second-order valence-corrected chi connectivity index (χ2v) is 8.21. The molecule has 1 aliphatic rings. The molecular formula is C24H25N3O. The molecule has 3 aromatic rings. The summed E-state index contributed by atoms with van der Waals surface area (Å²) in [6, 6.07) is 18.3. The molecule has 0 radical (unpaired) electrons. The molecule has 0 spiro atoms. The van der Waals surface area contributed by atoms with E-state index in [0.717, 1.165) is 29.9 Å². The van der Waals surface area contributed by atoms with Crippen LogP contribution in [0.1, 0.15) is 42.3 Å². The van der Waals surface area contributed by atoms with Gasteiger partial charge in [0.05, 0.1) is 17.4 Å². The Morgan fingerprint density at radius 3 is 2.61 bits per heavy atom. The number of amides is 1. The Hall–Kier alpha value is -3.14. The van der Waals surface area contributed by atoms with Gasteiger partial charge in [-0.2, -0.15) is 0 Å². The average Bonchev–Trinajstić information content (AvgIpc) is 3.12. The molecule has 0 saturated heterocycles. The van der Waals surface area contributed by atoms with Crippen LogP contribution in [0.5, 0.6) is 0 Å². The standard InChI is InChI=1S/C24H25N3O/c1-24(2,3)20-9-5-6-10-21(20)26-23(28)18-14-19(16-25-15-18)27-13-12-17-8-4-7-11-22(17)27/h4-11,14-16H,12-13H2,1-3H3,(H,26,28). The van der Waals surface area contributed by atoms with Gasteiger partial charge in [-0.15, -0.1) is 0 Å². The molecule has 1 aromatic heterocycles. The highest BCUT2D eigenvalue weighted by molar-refractivity contribution is 6.05. The summed E-state index contributed by atoms with van der Waals surface area (Å²) in [5.74, 6) is -0.140. The highest BCUT2D eigenvalue weighted by Crippen LogP contribution is 2.34. The first-order valence-corrected chi connectivity index (χ1v) is 9.65. The van der Waals surface area contributed by atoms with E-state index in [-0.39, 0.29) is 11.3 Å². The SMILES string of the molecule is CC(C)(C)c1ccccc1NC(=O)c1cncc(N2CCc3ccccc32)c1. The van der Waals surface area contributed by atoms with Gasteiger partial charge in [0.2, 0.25) is 0 Å². The molecule has 1 amide bonds. The quantitative estimate of drug-likeness (QED) is 0.677. The van der Waals surface area contributed by atoms with E-state index in [9.17, 15) is 4.79 Å². The van der Waals surface area contributed by atoms with Gasteiger partial charge in [0, 0.05) is 24.1 Å². The molecule has 1 N–H and O–H groups in total. The number of hydrogen-bond acceptors (Lipinski definition) is 3. The maximum absolute atomic E-state index is 12.9. The Kier molecular flexibility index (Phi) is 4.63. The minimum Gasteiger partial charge on any atom is -0.340 e. The molecule has 2 heterocycles. The lowest BCUT2D eigenvalue weighted by Crippen LogP contribution is -2.19. The molecule has 4 heteroatoms. The Morgan fingerprint density at radius 1 is 1.04 bits per heavy atom. The maximum atomic E-state index is 12.9. The second kappa shape index (κ2) is 7.12. The zero-order valence-corrected chi connectivity index (χ0v) is 16.6. The van der Waals surface area contributed by atoms with Gasteiger partial charge in [-0.3, -0.25) is 9.78 Å². The minimum absolute atomic E-state index is 0.0523. The number of nitrogens with zero attached hydrogens (tertiary/aromatic N) is 2. The molecule has 28 heavy (non-hydrogen) atoms. The number of anilines is 3. The summed E-state index contributed by atoms with van der Waals surface area (Å²) in [4.78, 5) is 19.5. The average molecular weight is 371 g/mol. The van der Waals surface area contributed by atoms with Crippen LogP contribution < -0.4 is 10.2 Å². The number of para-hydroxylation sites is 2. The lowest BCUT2D eigenvalue weighted by atomic mass is 9.86. The van der Waals surface area contributed by atoms with Crippen molar-refractivity contribution in [1.29, 1.82) is 0 Å². The van der Waals surface area contributed by atoms with Gasteiger partial charge >= 0.3 is 0 Å².